The van der Waals surface area contributed by atoms with E-state index in [4.69, 9.17) is 0 Å². The van der Waals surface area contributed by atoms with Crippen LogP contribution in [0.2, 0.25) is 0 Å². The van der Waals surface area contributed by atoms with Crippen LogP contribution < -0.4 is 5.32 Å². The third-order valence-corrected chi connectivity index (χ3v) is 3.32. The molecule has 2 heterocycles. The highest BCUT2D eigenvalue weighted by Crippen LogP contribution is 2.34. The van der Waals surface area contributed by atoms with Crippen molar-refractivity contribution in [3.05, 3.63) is 23.9 Å². The molecule has 2 aromatic heterocycles. The van der Waals surface area contributed by atoms with Crippen molar-refractivity contribution in [2.24, 2.45) is 0 Å². The first kappa shape index (κ1) is 13.6. The van der Waals surface area contributed by atoms with E-state index in [0.29, 0.717) is 15.2 Å². The van der Waals surface area contributed by atoms with E-state index in [1.54, 1.807) is 20.2 Å². The van der Waals surface area contributed by atoms with Gasteiger partial charge in [0, 0.05) is 20.3 Å². The number of alkyl halides is 3. The number of fused-ring (bicyclic) bond motifs is 1. The molecule has 0 unspecified atom stereocenters. The minimum absolute atomic E-state index is 0.345. The molecule has 0 saturated heterocycles. The molecular weight excluding hydrogens is 279 g/mol. The number of carbonyl (C=O) groups excluding carboxylic acids is 1. The van der Waals surface area contributed by atoms with Crippen LogP contribution in [0.25, 0.3) is 10.2 Å². The van der Waals surface area contributed by atoms with Gasteiger partial charge in [-0.2, -0.15) is 13.2 Å². The SMILES string of the molecule is CN(C)C(=O)Nc1cc2ncc(C(F)(F)F)cc2s1. The standard InChI is InChI=1S/C11H10F3N3OS/c1-17(2)10(18)16-9-4-7-8(19-9)3-6(5-15-7)11(12,13)14/h3-5H,1-2H3,(H,16,18). The predicted octanol–water partition coefficient (Wildman–Crippen LogP) is 3.41. The molecule has 0 saturated carbocycles. The van der Waals surface area contributed by atoms with Crippen LogP contribution in [0.15, 0.2) is 18.3 Å². The number of anilines is 1. The summed E-state index contributed by atoms with van der Waals surface area (Å²) >= 11 is 1.05. The Kier molecular flexibility index (Phi) is 3.36. The topological polar surface area (TPSA) is 45.2 Å². The zero-order valence-electron chi connectivity index (χ0n) is 10.1. The van der Waals surface area contributed by atoms with Gasteiger partial charge in [0.05, 0.1) is 20.8 Å². The highest BCUT2D eigenvalue weighted by atomic mass is 32.1. The number of hydrogen-bond donors (Lipinski definition) is 1. The van der Waals surface area contributed by atoms with Crippen LogP contribution in [0.3, 0.4) is 0 Å². The number of halogens is 3. The summed E-state index contributed by atoms with van der Waals surface area (Å²) in [6.07, 6.45) is -3.63. The molecule has 1 N–H and O–H groups in total. The van der Waals surface area contributed by atoms with Crippen molar-refractivity contribution in [3.63, 3.8) is 0 Å². The maximum Gasteiger partial charge on any atom is 0.417 e. The van der Waals surface area contributed by atoms with Crippen molar-refractivity contribution in [2.45, 2.75) is 6.18 Å². The molecule has 0 fully saturated rings. The van der Waals surface area contributed by atoms with Gasteiger partial charge in [0.1, 0.15) is 0 Å². The highest BCUT2D eigenvalue weighted by Gasteiger charge is 2.31. The third kappa shape index (κ3) is 2.95. The quantitative estimate of drug-likeness (QED) is 0.874. The minimum Gasteiger partial charge on any atom is -0.331 e. The lowest BCUT2D eigenvalue weighted by Crippen LogP contribution is -2.26. The van der Waals surface area contributed by atoms with Crippen LogP contribution in [0.4, 0.5) is 23.0 Å². The molecule has 102 valence electrons. The lowest BCUT2D eigenvalue weighted by atomic mass is 10.2. The van der Waals surface area contributed by atoms with Crippen LogP contribution in [0.1, 0.15) is 5.56 Å². The Balaban J connectivity index is 2.33. The Labute approximate surface area is 110 Å². The van der Waals surface area contributed by atoms with Crippen molar-refractivity contribution >= 4 is 32.6 Å². The Bertz CT molecular complexity index is 621. The molecular formula is C11H10F3N3OS. The molecule has 0 bridgehead atoms. The van der Waals surface area contributed by atoms with Crippen molar-refractivity contribution in [1.82, 2.24) is 9.88 Å². The zero-order valence-corrected chi connectivity index (χ0v) is 10.9. The summed E-state index contributed by atoms with van der Waals surface area (Å²) in [5, 5.41) is 3.03. The second kappa shape index (κ2) is 4.69. The number of nitrogens with one attached hydrogen (secondary N) is 1. The number of rotatable bonds is 1. The Morgan fingerprint density at radius 3 is 2.63 bits per heavy atom. The molecule has 8 heteroatoms. The van der Waals surface area contributed by atoms with Gasteiger partial charge in [-0.05, 0) is 12.1 Å². The molecule has 2 aromatic rings. The third-order valence-electron chi connectivity index (χ3n) is 2.33. The van der Waals surface area contributed by atoms with Gasteiger partial charge in [0.25, 0.3) is 0 Å². The fourth-order valence-corrected chi connectivity index (χ4v) is 2.30. The van der Waals surface area contributed by atoms with Crippen LogP contribution in [-0.2, 0) is 6.18 Å². The second-order valence-electron chi connectivity index (χ2n) is 4.04. The first-order chi connectivity index (χ1) is 8.77. The van der Waals surface area contributed by atoms with Crippen LogP contribution in [0.5, 0.6) is 0 Å². The average Bonchev–Trinajstić information content (AvgIpc) is 2.68. The van der Waals surface area contributed by atoms with E-state index in [-0.39, 0.29) is 6.03 Å². The Morgan fingerprint density at radius 1 is 1.37 bits per heavy atom. The molecule has 2 rings (SSSR count). The van der Waals surface area contributed by atoms with Crippen molar-refractivity contribution in [2.75, 3.05) is 19.4 Å². The van der Waals surface area contributed by atoms with E-state index in [1.165, 1.54) is 4.90 Å². The molecule has 4 nitrogen and oxygen atoms in total. The number of pyridine rings is 1. The van der Waals surface area contributed by atoms with E-state index in [1.807, 2.05) is 0 Å². The van der Waals surface area contributed by atoms with Crippen LogP contribution >= 0.6 is 11.3 Å². The summed E-state index contributed by atoms with van der Waals surface area (Å²) in [7, 11) is 3.14. The van der Waals surface area contributed by atoms with Gasteiger partial charge in [0.15, 0.2) is 0 Å². The fourth-order valence-electron chi connectivity index (χ4n) is 1.35. The predicted molar refractivity (Wildman–Crippen MR) is 67.3 cm³/mol. The average molecular weight is 289 g/mol. The summed E-state index contributed by atoms with van der Waals surface area (Å²) in [6, 6.07) is 2.22. The fraction of sp³-hybridized carbons (Fsp3) is 0.273. The lowest BCUT2D eigenvalue weighted by Gasteiger charge is -2.09. The Hall–Kier alpha value is -1.83. The summed E-state index contributed by atoms with van der Waals surface area (Å²) in [4.78, 5) is 16.5. The maximum atomic E-state index is 12.5. The van der Waals surface area contributed by atoms with E-state index < -0.39 is 11.7 Å². The van der Waals surface area contributed by atoms with E-state index in [0.717, 1.165) is 23.6 Å². The summed E-state index contributed by atoms with van der Waals surface area (Å²) in [6.45, 7) is 0. The van der Waals surface area contributed by atoms with Gasteiger partial charge in [-0.25, -0.2) is 4.79 Å². The number of urea groups is 1. The van der Waals surface area contributed by atoms with Crippen molar-refractivity contribution < 1.29 is 18.0 Å². The maximum absolute atomic E-state index is 12.5. The van der Waals surface area contributed by atoms with Gasteiger partial charge in [0.2, 0.25) is 0 Å². The van der Waals surface area contributed by atoms with Crippen LogP contribution in [0, 0.1) is 0 Å². The molecule has 0 atom stereocenters. The molecule has 0 spiro atoms. The first-order valence-electron chi connectivity index (χ1n) is 5.22. The lowest BCUT2D eigenvalue weighted by molar-refractivity contribution is -0.137. The number of carbonyl (C=O) groups is 1. The number of thiophene rings is 1. The summed E-state index contributed by atoms with van der Waals surface area (Å²) < 4.78 is 38.0. The summed E-state index contributed by atoms with van der Waals surface area (Å²) in [5.41, 5.74) is -0.376. The molecule has 0 aliphatic heterocycles. The molecule has 0 aliphatic rings. The number of amides is 2. The smallest absolute Gasteiger partial charge is 0.331 e. The highest BCUT2D eigenvalue weighted by molar-refractivity contribution is 7.22. The van der Waals surface area contributed by atoms with Crippen LogP contribution in [-0.4, -0.2) is 30.0 Å². The van der Waals surface area contributed by atoms with Gasteiger partial charge < -0.3 is 4.90 Å². The molecule has 0 aromatic carbocycles. The Morgan fingerprint density at radius 2 is 2.05 bits per heavy atom. The van der Waals surface area contributed by atoms with Gasteiger partial charge in [-0.3, -0.25) is 10.3 Å². The van der Waals surface area contributed by atoms with Gasteiger partial charge in [-0.1, -0.05) is 0 Å². The molecule has 19 heavy (non-hydrogen) atoms. The summed E-state index contributed by atoms with van der Waals surface area (Å²) in [5.74, 6) is 0. The van der Waals surface area contributed by atoms with E-state index >= 15 is 0 Å². The number of aromatic nitrogens is 1. The number of nitrogens with zero attached hydrogens (tertiary/aromatic N) is 2. The minimum atomic E-state index is -4.42. The zero-order chi connectivity index (χ0) is 14.2. The molecule has 2 amide bonds. The van der Waals surface area contributed by atoms with Gasteiger partial charge in [-0.15, -0.1) is 11.3 Å². The van der Waals surface area contributed by atoms with E-state index in [9.17, 15) is 18.0 Å². The van der Waals surface area contributed by atoms with Crippen molar-refractivity contribution in [1.29, 1.82) is 0 Å². The monoisotopic (exact) mass is 289 g/mol. The normalized spacial score (nSPS) is 11.6. The second-order valence-corrected chi connectivity index (χ2v) is 5.12. The number of hydrogen-bond acceptors (Lipinski definition) is 3. The molecule has 0 aliphatic carbocycles. The van der Waals surface area contributed by atoms with E-state index in [2.05, 4.69) is 10.3 Å². The van der Waals surface area contributed by atoms with Crippen molar-refractivity contribution in [3.8, 4) is 0 Å². The molecule has 0 radical (unpaired) electrons. The first-order valence-corrected chi connectivity index (χ1v) is 6.04. The largest absolute Gasteiger partial charge is 0.417 e. The van der Waals surface area contributed by atoms with Gasteiger partial charge >= 0.3 is 12.2 Å².